The van der Waals surface area contributed by atoms with E-state index in [4.69, 9.17) is 0 Å². The van der Waals surface area contributed by atoms with E-state index in [1.807, 2.05) is 19.5 Å². The number of thiazole rings is 1. The lowest BCUT2D eigenvalue weighted by atomic mass is 9.81. The Kier molecular flexibility index (Phi) is 9.31. The van der Waals surface area contributed by atoms with E-state index in [2.05, 4.69) is 27.5 Å². The summed E-state index contributed by atoms with van der Waals surface area (Å²) in [6, 6.07) is 0. The van der Waals surface area contributed by atoms with Gasteiger partial charge in [0.2, 0.25) is 0 Å². The average molecular weight is 436 g/mol. The molecule has 0 aliphatic heterocycles. The number of aliphatic imine (C=N–C) groups is 1. The molecule has 1 fully saturated rings. The molecule has 1 aromatic rings. The monoisotopic (exact) mass is 436 g/mol. The van der Waals surface area contributed by atoms with Crippen molar-refractivity contribution in [2.24, 2.45) is 16.8 Å². The predicted octanol–water partition coefficient (Wildman–Crippen LogP) is 3.95. The summed E-state index contributed by atoms with van der Waals surface area (Å²) in [4.78, 5) is 9.84. The van der Waals surface area contributed by atoms with Gasteiger partial charge in [0.15, 0.2) is 5.96 Å². The number of hydrogen-bond acceptors (Lipinski definition) is 3. The molecule has 126 valence electrons. The second-order valence-corrected chi connectivity index (χ2v) is 7.08. The van der Waals surface area contributed by atoms with Crippen LogP contribution in [0.1, 0.15) is 49.6 Å². The lowest BCUT2D eigenvalue weighted by molar-refractivity contribution is 0.270. The highest BCUT2D eigenvalue weighted by atomic mass is 127. The molecule has 2 atom stereocenters. The van der Waals surface area contributed by atoms with Crippen molar-refractivity contribution < 1.29 is 0 Å². The molecule has 1 aliphatic rings. The highest BCUT2D eigenvalue weighted by molar-refractivity contribution is 14.0. The zero-order chi connectivity index (χ0) is 15.1. The number of halogens is 1. The van der Waals surface area contributed by atoms with Crippen LogP contribution in [0.5, 0.6) is 0 Å². The van der Waals surface area contributed by atoms with Crippen molar-refractivity contribution in [3.8, 4) is 0 Å². The predicted molar refractivity (Wildman–Crippen MR) is 106 cm³/mol. The van der Waals surface area contributed by atoms with Crippen molar-refractivity contribution in [3.05, 3.63) is 16.1 Å². The minimum atomic E-state index is 0. The maximum absolute atomic E-state index is 4.29. The summed E-state index contributed by atoms with van der Waals surface area (Å²) in [6.07, 6.45) is 6.88. The van der Waals surface area contributed by atoms with Gasteiger partial charge in [0.1, 0.15) is 0 Å². The molecule has 0 saturated heterocycles. The van der Waals surface area contributed by atoms with Gasteiger partial charge in [-0.25, -0.2) is 4.98 Å². The molecule has 1 aliphatic carbocycles. The number of aryl methyl sites for hydroxylation is 1. The lowest BCUT2D eigenvalue weighted by Crippen LogP contribution is -2.38. The first-order valence-electron chi connectivity index (χ1n) is 8.02. The minimum absolute atomic E-state index is 0. The van der Waals surface area contributed by atoms with Gasteiger partial charge in [-0.2, -0.15) is 0 Å². The summed E-state index contributed by atoms with van der Waals surface area (Å²) in [5, 5.41) is 6.81. The van der Waals surface area contributed by atoms with Crippen molar-refractivity contribution in [1.29, 1.82) is 0 Å². The molecule has 2 rings (SSSR count). The van der Waals surface area contributed by atoms with Crippen LogP contribution in [0.25, 0.3) is 0 Å². The molecule has 0 bridgehead atoms. The molecule has 0 spiro atoms. The Morgan fingerprint density at radius 2 is 2.23 bits per heavy atom. The molecule has 2 unspecified atom stereocenters. The molecule has 4 nitrogen and oxygen atoms in total. The summed E-state index contributed by atoms with van der Waals surface area (Å²) in [7, 11) is 1.83. The fraction of sp³-hybridized carbons (Fsp3) is 0.750. The fourth-order valence-electron chi connectivity index (χ4n) is 3.10. The quantitative estimate of drug-likeness (QED) is 0.418. The first-order chi connectivity index (χ1) is 10.2. The zero-order valence-corrected chi connectivity index (χ0v) is 17.0. The van der Waals surface area contributed by atoms with Crippen LogP contribution >= 0.6 is 35.3 Å². The largest absolute Gasteiger partial charge is 0.356 e. The summed E-state index contributed by atoms with van der Waals surface area (Å²) in [5.74, 6) is 2.70. The summed E-state index contributed by atoms with van der Waals surface area (Å²) >= 11 is 1.69. The van der Waals surface area contributed by atoms with Crippen molar-refractivity contribution >= 4 is 41.3 Å². The van der Waals surface area contributed by atoms with Gasteiger partial charge in [0, 0.05) is 18.5 Å². The second-order valence-electron chi connectivity index (χ2n) is 6.14. The van der Waals surface area contributed by atoms with Crippen LogP contribution < -0.4 is 10.6 Å². The van der Waals surface area contributed by atoms with E-state index in [0.29, 0.717) is 0 Å². The standard InChI is InChI=1S/C16H28N4S.HI/c1-12-5-4-6-14(9-12)7-8-18-16(17-3)19-10-15-13(2)20-11-21-15;/h11-12,14H,4-10H2,1-3H3,(H2,17,18,19);1H. The number of aromatic nitrogens is 1. The molecule has 0 amide bonds. The van der Waals surface area contributed by atoms with Crippen molar-refractivity contribution in [2.45, 2.75) is 52.5 Å². The van der Waals surface area contributed by atoms with Crippen LogP contribution in [0, 0.1) is 18.8 Å². The highest BCUT2D eigenvalue weighted by Crippen LogP contribution is 2.30. The average Bonchev–Trinajstić information content (AvgIpc) is 2.88. The number of hydrogen-bond donors (Lipinski definition) is 2. The Hall–Kier alpha value is -0.370. The fourth-order valence-corrected chi connectivity index (χ4v) is 3.81. The Balaban J connectivity index is 0.00000242. The third-order valence-electron chi connectivity index (χ3n) is 4.37. The van der Waals surface area contributed by atoms with E-state index >= 15 is 0 Å². The molecular weight excluding hydrogens is 407 g/mol. The second kappa shape index (κ2) is 10.4. The number of guanidine groups is 1. The smallest absolute Gasteiger partial charge is 0.191 e. The van der Waals surface area contributed by atoms with Crippen molar-refractivity contribution in [2.75, 3.05) is 13.6 Å². The van der Waals surface area contributed by atoms with Gasteiger partial charge in [-0.3, -0.25) is 4.99 Å². The molecule has 22 heavy (non-hydrogen) atoms. The summed E-state index contributed by atoms with van der Waals surface area (Å²) in [6.45, 7) is 6.25. The van der Waals surface area contributed by atoms with Gasteiger partial charge < -0.3 is 10.6 Å². The number of nitrogens with one attached hydrogen (secondary N) is 2. The van der Waals surface area contributed by atoms with Crippen LogP contribution in [0.4, 0.5) is 0 Å². The highest BCUT2D eigenvalue weighted by Gasteiger charge is 2.18. The van der Waals surface area contributed by atoms with Crippen LogP contribution in [0.15, 0.2) is 10.5 Å². The minimum Gasteiger partial charge on any atom is -0.356 e. The van der Waals surface area contributed by atoms with E-state index in [1.165, 1.54) is 37.0 Å². The molecule has 6 heteroatoms. The van der Waals surface area contributed by atoms with Gasteiger partial charge in [0.25, 0.3) is 0 Å². The normalized spacial score (nSPS) is 22.0. The molecule has 0 radical (unpaired) electrons. The van der Waals surface area contributed by atoms with Gasteiger partial charge in [-0.15, -0.1) is 35.3 Å². The SMILES string of the molecule is CN=C(NCCC1CCCC(C)C1)NCc1scnc1C.I. The summed E-state index contributed by atoms with van der Waals surface area (Å²) < 4.78 is 0. The third-order valence-corrected chi connectivity index (χ3v) is 5.31. The van der Waals surface area contributed by atoms with Crippen LogP contribution in [-0.2, 0) is 6.54 Å². The van der Waals surface area contributed by atoms with E-state index in [9.17, 15) is 0 Å². The molecule has 2 N–H and O–H groups in total. The van der Waals surface area contributed by atoms with Gasteiger partial charge >= 0.3 is 0 Å². The van der Waals surface area contributed by atoms with Crippen molar-refractivity contribution in [3.63, 3.8) is 0 Å². The maximum atomic E-state index is 4.29. The van der Waals surface area contributed by atoms with E-state index in [-0.39, 0.29) is 24.0 Å². The van der Waals surface area contributed by atoms with Gasteiger partial charge in [-0.1, -0.05) is 26.2 Å². The first-order valence-corrected chi connectivity index (χ1v) is 8.90. The maximum Gasteiger partial charge on any atom is 0.191 e. The van der Waals surface area contributed by atoms with Crippen LogP contribution in [-0.4, -0.2) is 24.5 Å². The van der Waals surface area contributed by atoms with E-state index < -0.39 is 0 Å². The van der Waals surface area contributed by atoms with E-state index in [0.717, 1.165) is 36.6 Å². The first kappa shape index (κ1) is 19.7. The third kappa shape index (κ3) is 6.40. The molecule has 1 heterocycles. The molecule has 1 saturated carbocycles. The molecule has 0 aromatic carbocycles. The Bertz CT molecular complexity index is 461. The lowest BCUT2D eigenvalue weighted by Gasteiger charge is -2.26. The van der Waals surface area contributed by atoms with Crippen LogP contribution in [0.2, 0.25) is 0 Å². The van der Waals surface area contributed by atoms with Crippen molar-refractivity contribution in [1.82, 2.24) is 15.6 Å². The molecule has 1 aromatic heterocycles. The number of rotatable bonds is 5. The zero-order valence-electron chi connectivity index (χ0n) is 13.9. The Labute approximate surface area is 155 Å². The topological polar surface area (TPSA) is 49.3 Å². The Morgan fingerprint density at radius 3 is 2.86 bits per heavy atom. The summed E-state index contributed by atoms with van der Waals surface area (Å²) in [5.41, 5.74) is 3.01. The van der Waals surface area contributed by atoms with Crippen LogP contribution in [0.3, 0.4) is 0 Å². The van der Waals surface area contributed by atoms with Gasteiger partial charge in [-0.05, 0) is 31.6 Å². The number of nitrogens with zero attached hydrogens (tertiary/aromatic N) is 2. The molecular formula is C16H29IN4S. The van der Waals surface area contributed by atoms with Gasteiger partial charge in [0.05, 0.1) is 17.7 Å². The van der Waals surface area contributed by atoms with E-state index in [1.54, 1.807) is 11.3 Å². The Morgan fingerprint density at radius 1 is 1.41 bits per heavy atom.